The molecule has 6 nitrogen and oxygen atoms in total. The number of aryl methyl sites for hydroxylation is 1. The first-order valence-corrected chi connectivity index (χ1v) is 11.4. The zero-order valence-electron chi connectivity index (χ0n) is 19.3. The Kier molecular flexibility index (Phi) is 6.18. The van der Waals surface area contributed by atoms with E-state index in [1.165, 1.54) is 0 Å². The van der Waals surface area contributed by atoms with Crippen LogP contribution in [0.2, 0.25) is 0 Å². The molecule has 172 valence electrons. The van der Waals surface area contributed by atoms with E-state index in [9.17, 15) is 9.59 Å². The molecule has 5 rings (SSSR count). The number of anilines is 1. The SMILES string of the molecule is Cc1ccc(Cn2c(=O)c(C(=O)N(Cc3ccccc3)c3ccccn3)cc3cccnc32)cc1. The first-order chi connectivity index (χ1) is 17.1. The smallest absolute Gasteiger partial charge is 0.265 e. The number of nitrogens with zero attached hydrogens (tertiary/aromatic N) is 4. The van der Waals surface area contributed by atoms with Gasteiger partial charge in [0.15, 0.2) is 0 Å². The standard InChI is InChI=1S/C29H24N4O2/c1-21-12-14-23(15-13-21)20-33-27-24(10-7-17-31-27)18-25(29(33)35)28(34)32(26-11-5-6-16-30-26)19-22-8-3-2-4-9-22/h2-18H,19-20H2,1H3. The Hall–Kier alpha value is -4.58. The molecule has 1 amide bonds. The fourth-order valence-corrected chi connectivity index (χ4v) is 4.06. The molecule has 0 spiro atoms. The van der Waals surface area contributed by atoms with Gasteiger partial charge in [0.2, 0.25) is 0 Å². The summed E-state index contributed by atoms with van der Waals surface area (Å²) in [6.45, 7) is 2.63. The van der Waals surface area contributed by atoms with Gasteiger partial charge >= 0.3 is 0 Å². The minimum Gasteiger partial charge on any atom is -0.288 e. The maximum absolute atomic E-state index is 13.9. The second-order valence-electron chi connectivity index (χ2n) is 8.42. The highest BCUT2D eigenvalue weighted by atomic mass is 16.2. The van der Waals surface area contributed by atoms with Crippen molar-refractivity contribution in [3.8, 4) is 0 Å². The number of hydrogen-bond donors (Lipinski definition) is 0. The molecule has 0 N–H and O–H groups in total. The van der Waals surface area contributed by atoms with Crippen LogP contribution < -0.4 is 10.5 Å². The summed E-state index contributed by atoms with van der Waals surface area (Å²) in [6, 6.07) is 28.4. The molecule has 2 aromatic carbocycles. The molecule has 0 saturated carbocycles. The van der Waals surface area contributed by atoms with Crippen molar-refractivity contribution >= 4 is 22.8 Å². The van der Waals surface area contributed by atoms with E-state index in [2.05, 4.69) is 9.97 Å². The zero-order chi connectivity index (χ0) is 24.2. The Bertz CT molecular complexity index is 1530. The number of amides is 1. The van der Waals surface area contributed by atoms with E-state index in [1.54, 1.807) is 46.1 Å². The fourth-order valence-electron chi connectivity index (χ4n) is 4.06. The molecule has 0 fully saturated rings. The molecule has 35 heavy (non-hydrogen) atoms. The van der Waals surface area contributed by atoms with Crippen LogP contribution in [-0.4, -0.2) is 20.4 Å². The van der Waals surface area contributed by atoms with Crippen molar-refractivity contribution < 1.29 is 4.79 Å². The monoisotopic (exact) mass is 460 g/mol. The summed E-state index contributed by atoms with van der Waals surface area (Å²) in [6.07, 6.45) is 3.30. The van der Waals surface area contributed by atoms with Crippen LogP contribution in [0.5, 0.6) is 0 Å². The first kappa shape index (κ1) is 22.2. The van der Waals surface area contributed by atoms with Gasteiger partial charge in [-0.2, -0.15) is 0 Å². The predicted octanol–water partition coefficient (Wildman–Crippen LogP) is 5.00. The van der Waals surface area contributed by atoms with Crippen LogP contribution in [0, 0.1) is 6.92 Å². The summed E-state index contributed by atoms with van der Waals surface area (Å²) in [5.41, 5.74) is 3.28. The molecule has 0 radical (unpaired) electrons. The van der Waals surface area contributed by atoms with Gasteiger partial charge in [0.25, 0.3) is 11.5 Å². The molecule has 0 aliphatic heterocycles. The third-order valence-corrected chi connectivity index (χ3v) is 5.89. The third-order valence-electron chi connectivity index (χ3n) is 5.89. The molecule has 0 aliphatic carbocycles. The average Bonchev–Trinajstić information content (AvgIpc) is 2.90. The van der Waals surface area contributed by atoms with Crippen molar-refractivity contribution in [3.63, 3.8) is 0 Å². The molecule has 0 bridgehead atoms. The van der Waals surface area contributed by atoms with Gasteiger partial charge in [-0.1, -0.05) is 66.2 Å². The lowest BCUT2D eigenvalue weighted by Gasteiger charge is -2.22. The van der Waals surface area contributed by atoms with E-state index >= 15 is 0 Å². The van der Waals surface area contributed by atoms with Crippen LogP contribution in [0.4, 0.5) is 5.82 Å². The van der Waals surface area contributed by atoms with Crippen LogP contribution >= 0.6 is 0 Å². The second-order valence-corrected chi connectivity index (χ2v) is 8.42. The zero-order valence-corrected chi connectivity index (χ0v) is 19.3. The molecule has 6 heteroatoms. The summed E-state index contributed by atoms with van der Waals surface area (Å²) in [4.78, 5) is 38.0. The lowest BCUT2D eigenvalue weighted by molar-refractivity contribution is 0.0982. The van der Waals surface area contributed by atoms with E-state index < -0.39 is 5.91 Å². The largest absolute Gasteiger partial charge is 0.288 e. The van der Waals surface area contributed by atoms with E-state index in [0.717, 1.165) is 22.1 Å². The van der Waals surface area contributed by atoms with Crippen molar-refractivity contribution in [3.05, 3.63) is 136 Å². The number of benzene rings is 2. The number of pyridine rings is 3. The normalized spacial score (nSPS) is 10.9. The van der Waals surface area contributed by atoms with Gasteiger partial charge in [0.1, 0.15) is 17.0 Å². The Morgan fingerprint density at radius 2 is 1.57 bits per heavy atom. The molecule has 0 unspecified atom stereocenters. The predicted molar refractivity (Wildman–Crippen MR) is 137 cm³/mol. The lowest BCUT2D eigenvalue weighted by Crippen LogP contribution is -2.37. The van der Waals surface area contributed by atoms with Crippen molar-refractivity contribution in [2.75, 3.05) is 4.90 Å². The summed E-state index contributed by atoms with van der Waals surface area (Å²) >= 11 is 0. The van der Waals surface area contributed by atoms with Crippen molar-refractivity contribution in [1.29, 1.82) is 0 Å². The first-order valence-electron chi connectivity index (χ1n) is 11.4. The molecule has 5 aromatic rings. The number of fused-ring (bicyclic) bond motifs is 1. The van der Waals surface area contributed by atoms with E-state index in [-0.39, 0.29) is 11.1 Å². The number of hydrogen-bond acceptors (Lipinski definition) is 4. The Balaban J connectivity index is 1.63. The van der Waals surface area contributed by atoms with Crippen LogP contribution in [0.3, 0.4) is 0 Å². The maximum atomic E-state index is 13.9. The molecule has 0 atom stereocenters. The third kappa shape index (κ3) is 4.73. The van der Waals surface area contributed by atoms with Crippen LogP contribution in [0.25, 0.3) is 11.0 Å². The number of rotatable bonds is 6. The molecular weight excluding hydrogens is 436 g/mol. The number of carbonyl (C=O) groups is 1. The van der Waals surface area contributed by atoms with Gasteiger partial charge < -0.3 is 0 Å². The summed E-state index contributed by atoms with van der Waals surface area (Å²) in [5.74, 6) is 0.0816. The molecule has 3 heterocycles. The van der Waals surface area contributed by atoms with Crippen LogP contribution in [-0.2, 0) is 13.1 Å². The molecule has 0 aliphatic rings. The van der Waals surface area contributed by atoms with Gasteiger partial charge in [-0.25, -0.2) is 9.97 Å². The lowest BCUT2D eigenvalue weighted by atomic mass is 10.1. The van der Waals surface area contributed by atoms with Gasteiger partial charge in [-0.3, -0.25) is 19.1 Å². The van der Waals surface area contributed by atoms with Crippen molar-refractivity contribution in [1.82, 2.24) is 14.5 Å². The highest BCUT2D eigenvalue weighted by Crippen LogP contribution is 2.19. The summed E-state index contributed by atoms with van der Waals surface area (Å²) < 4.78 is 1.58. The minimum absolute atomic E-state index is 0.0826. The molecule has 0 saturated heterocycles. The highest BCUT2D eigenvalue weighted by molar-refractivity contribution is 6.06. The fraction of sp³-hybridized carbons (Fsp3) is 0.103. The molecule has 3 aromatic heterocycles. The number of carbonyl (C=O) groups excluding carboxylic acids is 1. The van der Waals surface area contributed by atoms with Crippen LogP contribution in [0.1, 0.15) is 27.0 Å². The Labute approximate surface area is 203 Å². The van der Waals surface area contributed by atoms with E-state index in [0.29, 0.717) is 24.6 Å². The van der Waals surface area contributed by atoms with Gasteiger partial charge in [0, 0.05) is 17.8 Å². The van der Waals surface area contributed by atoms with E-state index in [4.69, 9.17) is 0 Å². The Morgan fingerprint density at radius 1 is 0.829 bits per heavy atom. The Morgan fingerprint density at radius 3 is 2.31 bits per heavy atom. The minimum atomic E-state index is -0.402. The maximum Gasteiger partial charge on any atom is 0.265 e. The quantitative estimate of drug-likeness (QED) is 0.358. The topological polar surface area (TPSA) is 68.1 Å². The van der Waals surface area contributed by atoms with Gasteiger partial charge in [-0.05, 0) is 48.4 Å². The van der Waals surface area contributed by atoms with E-state index in [1.807, 2.05) is 73.7 Å². The van der Waals surface area contributed by atoms with Crippen LogP contribution in [0.15, 0.2) is 108 Å². The number of aromatic nitrogens is 3. The molecular formula is C29H24N4O2. The van der Waals surface area contributed by atoms with Gasteiger partial charge in [0.05, 0.1) is 13.1 Å². The second kappa shape index (κ2) is 9.73. The van der Waals surface area contributed by atoms with Crippen molar-refractivity contribution in [2.24, 2.45) is 0 Å². The average molecular weight is 461 g/mol. The summed E-state index contributed by atoms with van der Waals surface area (Å²) in [7, 11) is 0. The van der Waals surface area contributed by atoms with Crippen molar-refractivity contribution in [2.45, 2.75) is 20.0 Å². The van der Waals surface area contributed by atoms with Gasteiger partial charge in [-0.15, -0.1) is 0 Å². The highest BCUT2D eigenvalue weighted by Gasteiger charge is 2.24. The summed E-state index contributed by atoms with van der Waals surface area (Å²) in [5, 5.41) is 0.725.